The van der Waals surface area contributed by atoms with Crippen LogP contribution >= 0.6 is 45.2 Å². The van der Waals surface area contributed by atoms with E-state index >= 15 is 0 Å². The second kappa shape index (κ2) is 6.64. The highest BCUT2D eigenvalue weighted by Crippen LogP contribution is 2.45. The predicted octanol–water partition coefficient (Wildman–Crippen LogP) is 5.36. The molecule has 0 N–H and O–H groups in total. The van der Waals surface area contributed by atoms with Gasteiger partial charge in [-0.25, -0.2) is 0 Å². The fourth-order valence-corrected chi connectivity index (χ4v) is 3.20. The molecule has 1 aliphatic carbocycles. The van der Waals surface area contributed by atoms with E-state index in [0.717, 1.165) is 11.8 Å². The molecule has 2 atom stereocenters. The third-order valence-electron chi connectivity index (χ3n) is 2.29. The van der Waals surface area contributed by atoms with E-state index in [9.17, 15) is 0 Å². The van der Waals surface area contributed by atoms with Crippen molar-refractivity contribution >= 4 is 45.2 Å². The maximum absolute atomic E-state index is 2.49. The number of allylic oxidation sites excluding steroid dienone is 2. The number of hydrogen-bond donors (Lipinski definition) is 0. The van der Waals surface area contributed by atoms with Gasteiger partial charge in [-0.2, -0.15) is 0 Å². The molecule has 1 aliphatic rings. The molecule has 0 heterocycles. The molecule has 0 saturated carbocycles. The van der Waals surface area contributed by atoms with Gasteiger partial charge in [-0.3, -0.25) is 0 Å². The molecule has 0 nitrogen and oxygen atoms in total. The van der Waals surface area contributed by atoms with Gasteiger partial charge in [-0.05, 0) is 56.9 Å². The van der Waals surface area contributed by atoms with Crippen molar-refractivity contribution in [2.45, 2.75) is 41.0 Å². The zero-order valence-electron chi connectivity index (χ0n) is 9.12. The maximum atomic E-state index is 2.49. The molecule has 0 aromatic heterocycles. The summed E-state index contributed by atoms with van der Waals surface area (Å²) < 4.78 is 3.12. The Morgan fingerprint density at radius 1 is 1.08 bits per heavy atom. The van der Waals surface area contributed by atoms with Gasteiger partial charge in [-0.1, -0.05) is 50.3 Å². The molecule has 0 aromatic carbocycles. The molecule has 0 saturated heterocycles. The summed E-state index contributed by atoms with van der Waals surface area (Å²) in [5.74, 6) is 1.56. The zero-order chi connectivity index (χ0) is 10.6. The predicted molar refractivity (Wildman–Crippen MR) is 78.3 cm³/mol. The van der Waals surface area contributed by atoms with Crippen molar-refractivity contribution in [2.75, 3.05) is 0 Å². The molecule has 0 spiro atoms. The van der Waals surface area contributed by atoms with Crippen LogP contribution in [0, 0.1) is 15.8 Å². The molecule has 0 aliphatic heterocycles. The molecule has 0 aromatic rings. The van der Waals surface area contributed by atoms with Gasteiger partial charge in [0.05, 0.1) is 3.92 Å². The van der Waals surface area contributed by atoms with Gasteiger partial charge >= 0.3 is 0 Å². The molecule has 2 unspecified atom stereocenters. The Bertz CT molecular complexity index is 185. The lowest BCUT2D eigenvalue weighted by molar-refractivity contribution is 0.491. The minimum Gasteiger partial charge on any atom is -0.0719 e. The Morgan fingerprint density at radius 3 is 2.00 bits per heavy atom. The number of hydrogen-bond acceptors (Lipinski definition) is 0. The molecule has 13 heavy (non-hydrogen) atoms. The summed E-state index contributed by atoms with van der Waals surface area (Å²) in [6, 6.07) is 0. The highest BCUT2D eigenvalue weighted by atomic mass is 127. The second-order valence-corrected chi connectivity index (χ2v) is 5.68. The SMILES string of the molecule is CC.CC1=C(I)C(C)CC(C)[C]1I. The normalized spacial score (nSPS) is 29.8. The van der Waals surface area contributed by atoms with Gasteiger partial charge in [0.2, 0.25) is 0 Å². The fraction of sp³-hybridized carbons (Fsp3) is 0.727. The highest BCUT2D eigenvalue weighted by molar-refractivity contribution is 14.1. The van der Waals surface area contributed by atoms with E-state index in [1.54, 1.807) is 7.50 Å². The third-order valence-corrected chi connectivity index (χ3v) is 6.03. The molecule has 0 bridgehead atoms. The van der Waals surface area contributed by atoms with Gasteiger partial charge in [0.1, 0.15) is 0 Å². The largest absolute Gasteiger partial charge is 0.0719 e. The van der Waals surface area contributed by atoms with E-state index in [4.69, 9.17) is 0 Å². The highest BCUT2D eigenvalue weighted by Gasteiger charge is 2.27. The molecular weight excluding hydrogens is 386 g/mol. The summed E-state index contributed by atoms with van der Waals surface area (Å²) in [7, 11) is 0. The van der Waals surface area contributed by atoms with Crippen LogP contribution in [0.5, 0.6) is 0 Å². The lowest BCUT2D eigenvalue weighted by atomic mass is 9.85. The van der Waals surface area contributed by atoms with Crippen LogP contribution in [0.4, 0.5) is 0 Å². The first-order chi connectivity index (χ1) is 6.04. The van der Waals surface area contributed by atoms with Crippen LogP contribution in [-0.2, 0) is 0 Å². The minimum atomic E-state index is 0.782. The van der Waals surface area contributed by atoms with Gasteiger partial charge < -0.3 is 0 Å². The lowest BCUT2D eigenvalue weighted by Crippen LogP contribution is -2.16. The van der Waals surface area contributed by atoms with Crippen molar-refractivity contribution in [3.05, 3.63) is 13.1 Å². The van der Waals surface area contributed by atoms with Crippen LogP contribution in [0.15, 0.2) is 9.15 Å². The lowest BCUT2D eigenvalue weighted by Gasteiger charge is -2.29. The number of rotatable bonds is 0. The van der Waals surface area contributed by atoms with E-state index in [2.05, 4.69) is 66.0 Å². The number of halogens is 2. The topological polar surface area (TPSA) is 0 Å². The van der Waals surface area contributed by atoms with Crippen LogP contribution in [0.1, 0.15) is 41.0 Å². The summed E-state index contributed by atoms with van der Waals surface area (Å²) in [4.78, 5) is 0. The van der Waals surface area contributed by atoms with Crippen LogP contribution in [-0.4, -0.2) is 0 Å². The molecule has 0 fully saturated rings. The Labute approximate surface area is 110 Å². The third kappa shape index (κ3) is 3.68. The van der Waals surface area contributed by atoms with Crippen LogP contribution in [0.3, 0.4) is 0 Å². The summed E-state index contributed by atoms with van der Waals surface area (Å²) in [6.07, 6.45) is 1.33. The quantitative estimate of drug-likeness (QED) is 0.476. The van der Waals surface area contributed by atoms with Crippen molar-refractivity contribution in [1.82, 2.24) is 0 Å². The van der Waals surface area contributed by atoms with Crippen LogP contribution < -0.4 is 0 Å². The summed E-state index contributed by atoms with van der Waals surface area (Å²) in [5, 5.41) is 0. The van der Waals surface area contributed by atoms with Crippen molar-refractivity contribution in [1.29, 1.82) is 0 Å². The molecule has 1 radical (unpaired) electrons. The molecule has 77 valence electrons. The fourth-order valence-electron chi connectivity index (χ4n) is 1.59. The van der Waals surface area contributed by atoms with Crippen molar-refractivity contribution in [3.8, 4) is 0 Å². The van der Waals surface area contributed by atoms with Crippen LogP contribution in [0.25, 0.3) is 0 Å². The Kier molecular flexibility index (Phi) is 7.25. The summed E-state index contributed by atoms with van der Waals surface area (Å²) in [5.41, 5.74) is 1.53. The molecule has 0 amide bonds. The van der Waals surface area contributed by atoms with E-state index in [1.807, 2.05) is 13.8 Å². The van der Waals surface area contributed by atoms with E-state index in [0.29, 0.717) is 0 Å². The monoisotopic (exact) mass is 405 g/mol. The first-order valence-corrected chi connectivity index (χ1v) is 7.08. The average Bonchev–Trinajstić information content (AvgIpc) is 2.15. The molecular formula is C11H19I2. The van der Waals surface area contributed by atoms with Crippen molar-refractivity contribution in [2.24, 2.45) is 11.8 Å². The smallest absolute Gasteiger partial charge is 0.0649 e. The van der Waals surface area contributed by atoms with E-state index in [1.165, 1.54) is 12.0 Å². The van der Waals surface area contributed by atoms with Gasteiger partial charge in [0, 0.05) is 0 Å². The van der Waals surface area contributed by atoms with E-state index < -0.39 is 0 Å². The summed E-state index contributed by atoms with van der Waals surface area (Å²) >= 11 is 4.98. The Balaban J connectivity index is 0.000000671. The maximum Gasteiger partial charge on any atom is 0.0649 e. The van der Waals surface area contributed by atoms with E-state index in [-0.39, 0.29) is 0 Å². The van der Waals surface area contributed by atoms with Crippen molar-refractivity contribution < 1.29 is 0 Å². The molecule has 2 heteroatoms. The minimum absolute atomic E-state index is 0.782. The first-order valence-electron chi connectivity index (χ1n) is 4.93. The van der Waals surface area contributed by atoms with Gasteiger partial charge in [-0.15, -0.1) is 0 Å². The molecule has 1 rings (SSSR count). The Hall–Kier alpha value is 1.20. The second-order valence-electron chi connectivity index (χ2n) is 3.36. The first kappa shape index (κ1) is 14.2. The average molecular weight is 405 g/mol. The van der Waals surface area contributed by atoms with Crippen molar-refractivity contribution in [3.63, 3.8) is 0 Å². The standard InChI is InChI=1S/C9H13I2.C2H6/c1-5-4-6(2)9(11)7(3)8(5)10;1-2/h5-6H,4H2,1-3H3;1-2H3. The zero-order valence-corrected chi connectivity index (χ0v) is 13.4. The van der Waals surface area contributed by atoms with Gasteiger partial charge in [0.25, 0.3) is 0 Å². The van der Waals surface area contributed by atoms with Gasteiger partial charge in [0.15, 0.2) is 0 Å². The summed E-state index contributed by atoms with van der Waals surface area (Å²) in [6.45, 7) is 10.9. The van der Waals surface area contributed by atoms with Crippen LogP contribution in [0.2, 0.25) is 0 Å². The Morgan fingerprint density at radius 2 is 1.54 bits per heavy atom.